The highest BCUT2D eigenvalue weighted by atomic mass is 16.4. The number of unbranched alkanes of at least 4 members (excludes halogenated alkanes) is 2. The number of carbonyl (C=O) groups excluding carboxylic acids is 2. The topological polar surface area (TPSA) is 123 Å². The summed E-state index contributed by atoms with van der Waals surface area (Å²) in [4.78, 5) is 31.4. The number of amides is 2. The molecule has 0 radical (unpaired) electrons. The Morgan fingerprint density at radius 1 is 1.00 bits per heavy atom. The number of aliphatic carboxylic acids is 1. The Labute approximate surface area is 117 Å². The highest BCUT2D eigenvalue weighted by Crippen LogP contribution is 2.06. The van der Waals surface area contributed by atoms with Gasteiger partial charge in [0.2, 0.25) is 11.8 Å². The van der Waals surface area contributed by atoms with Gasteiger partial charge in [-0.05, 0) is 18.6 Å². The average Bonchev–Trinajstić information content (AvgIpc) is 2.39. The zero-order valence-electron chi connectivity index (χ0n) is 11.5. The summed E-state index contributed by atoms with van der Waals surface area (Å²) in [5.41, 5.74) is 10.3. The van der Waals surface area contributed by atoms with E-state index in [0.29, 0.717) is 6.42 Å². The zero-order chi connectivity index (χ0) is 15.5. The van der Waals surface area contributed by atoms with E-state index in [9.17, 15) is 14.4 Å². The maximum Gasteiger partial charge on any atom is 0.303 e. The van der Waals surface area contributed by atoms with Gasteiger partial charge >= 0.3 is 5.97 Å². The van der Waals surface area contributed by atoms with Crippen LogP contribution in [-0.2, 0) is 4.79 Å². The lowest BCUT2D eigenvalue weighted by atomic mass is 10.1. The maximum absolute atomic E-state index is 10.7. The van der Waals surface area contributed by atoms with Crippen molar-refractivity contribution < 1.29 is 19.5 Å². The van der Waals surface area contributed by atoms with E-state index in [4.69, 9.17) is 16.6 Å². The summed E-state index contributed by atoms with van der Waals surface area (Å²) in [5.74, 6) is -1.98. The molecule has 0 fully saturated rings. The molecular weight excluding hydrogens is 260 g/mol. The number of hydrogen-bond acceptors (Lipinski definition) is 3. The summed E-state index contributed by atoms with van der Waals surface area (Å²) in [7, 11) is 0. The van der Waals surface area contributed by atoms with Crippen molar-refractivity contribution in [3.05, 3.63) is 35.4 Å². The van der Waals surface area contributed by atoms with Gasteiger partial charge in [-0.15, -0.1) is 0 Å². The van der Waals surface area contributed by atoms with Crippen LogP contribution in [0.5, 0.6) is 0 Å². The van der Waals surface area contributed by atoms with Crippen LogP contribution in [0.2, 0.25) is 0 Å². The quantitative estimate of drug-likeness (QED) is 0.683. The lowest BCUT2D eigenvalue weighted by Gasteiger charge is -2.00. The van der Waals surface area contributed by atoms with E-state index in [2.05, 4.69) is 6.92 Å². The van der Waals surface area contributed by atoms with E-state index >= 15 is 0 Å². The van der Waals surface area contributed by atoms with Gasteiger partial charge in [0.25, 0.3) is 0 Å². The van der Waals surface area contributed by atoms with Crippen molar-refractivity contribution in [2.24, 2.45) is 11.5 Å². The van der Waals surface area contributed by atoms with Crippen molar-refractivity contribution in [3.8, 4) is 0 Å². The molecule has 0 heterocycles. The third-order valence-corrected chi connectivity index (χ3v) is 2.45. The fourth-order valence-electron chi connectivity index (χ4n) is 1.44. The molecule has 0 atom stereocenters. The first-order chi connectivity index (χ1) is 9.40. The molecule has 1 aromatic carbocycles. The van der Waals surface area contributed by atoms with E-state index in [1.54, 1.807) is 12.1 Å². The molecule has 0 saturated heterocycles. The SMILES string of the molecule is CCCCCC(=O)O.NC(=O)c1ccccc1C(N)=O. The van der Waals surface area contributed by atoms with Crippen LogP contribution in [0.1, 0.15) is 53.3 Å². The van der Waals surface area contributed by atoms with E-state index in [0.717, 1.165) is 19.3 Å². The predicted molar refractivity (Wildman–Crippen MR) is 75.3 cm³/mol. The Morgan fingerprint density at radius 3 is 1.75 bits per heavy atom. The van der Waals surface area contributed by atoms with E-state index in [1.807, 2.05) is 0 Å². The van der Waals surface area contributed by atoms with Gasteiger partial charge in [0.15, 0.2) is 0 Å². The molecular formula is C14H20N2O4. The lowest BCUT2D eigenvalue weighted by molar-refractivity contribution is -0.137. The molecule has 0 aliphatic rings. The minimum absolute atomic E-state index is 0.157. The molecule has 0 aliphatic heterocycles. The van der Waals surface area contributed by atoms with Gasteiger partial charge < -0.3 is 16.6 Å². The molecule has 6 nitrogen and oxygen atoms in total. The smallest absolute Gasteiger partial charge is 0.303 e. The summed E-state index contributed by atoms with van der Waals surface area (Å²) in [6.07, 6.45) is 3.28. The molecule has 110 valence electrons. The third-order valence-electron chi connectivity index (χ3n) is 2.45. The standard InChI is InChI=1S/C8H8N2O2.C6H12O2/c9-7(11)5-3-1-2-4-6(5)8(10)12;1-2-3-4-5-6(7)8/h1-4H,(H2,9,11)(H2,10,12);2-5H2,1H3,(H,7,8). The lowest BCUT2D eigenvalue weighted by Crippen LogP contribution is -2.20. The number of primary amides is 2. The fraction of sp³-hybridized carbons (Fsp3) is 0.357. The second kappa shape index (κ2) is 9.55. The number of benzene rings is 1. The largest absolute Gasteiger partial charge is 0.481 e. The van der Waals surface area contributed by atoms with Crippen LogP contribution < -0.4 is 11.5 Å². The van der Waals surface area contributed by atoms with Gasteiger partial charge in [0, 0.05) is 6.42 Å². The number of rotatable bonds is 6. The summed E-state index contributed by atoms with van der Waals surface area (Å²) >= 11 is 0. The molecule has 6 heteroatoms. The first kappa shape index (κ1) is 17.6. The van der Waals surface area contributed by atoms with Gasteiger partial charge in [0.1, 0.15) is 0 Å². The van der Waals surface area contributed by atoms with E-state index in [1.165, 1.54) is 12.1 Å². The van der Waals surface area contributed by atoms with Crippen LogP contribution in [-0.4, -0.2) is 22.9 Å². The van der Waals surface area contributed by atoms with Crippen LogP contribution >= 0.6 is 0 Å². The molecule has 0 aliphatic carbocycles. The van der Waals surface area contributed by atoms with Crippen molar-refractivity contribution in [2.45, 2.75) is 32.6 Å². The average molecular weight is 280 g/mol. The van der Waals surface area contributed by atoms with Crippen molar-refractivity contribution in [1.29, 1.82) is 0 Å². The minimum Gasteiger partial charge on any atom is -0.481 e. The fourth-order valence-corrected chi connectivity index (χ4v) is 1.44. The third kappa shape index (κ3) is 7.15. The molecule has 0 aromatic heterocycles. The summed E-state index contributed by atoms with van der Waals surface area (Å²) < 4.78 is 0. The first-order valence-corrected chi connectivity index (χ1v) is 6.30. The normalized spacial score (nSPS) is 9.25. The molecule has 0 bridgehead atoms. The Hall–Kier alpha value is -2.37. The van der Waals surface area contributed by atoms with E-state index < -0.39 is 17.8 Å². The van der Waals surface area contributed by atoms with Crippen molar-refractivity contribution >= 4 is 17.8 Å². The second-order valence-electron chi connectivity index (χ2n) is 4.12. The Morgan fingerprint density at radius 2 is 1.45 bits per heavy atom. The maximum atomic E-state index is 10.7. The highest BCUT2D eigenvalue weighted by molar-refractivity contribution is 6.06. The Bertz CT molecular complexity index is 439. The number of carboxylic acids is 1. The molecule has 2 amide bonds. The van der Waals surface area contributed by atoms with Gasteiger partial charge in [-0.1, -0.05) is 31.9 Å². The number of nitrogens with two attached hydrogens (primary N) is 2. The summed E-state index contributed by atoms with van der Waals surface area (Å²) in [6.45, 7) is 2.06. The molecule has 0 spiro atoms. The van der Waals surface area contributed by atoms with Gasteiger partial charge in [-0.25, -0.2) is 0 Å². The molecule has 1 aromatic rings. The van der Waals surface area contributed by atoms with Crippen LogP contribution in [0.3, 0.4) is 0 Å². The van der Waals surface area contributed by atoms with Crippen LogP contribution in [0.15, 0.2) is 24.3 Å². The molecule has 1 rings (SSSR count). The Kier molecular flexibility index (Phi) is 8.41. The first-order valence-electron chi connectivity index (χ1n) is 6.30. The monoisotopic (exact) mass is 280 g/mol. The van der Waals surface area contributed by atoms with Crippen molar-refractivity contribution in [2.75, 3.05) is 0 Å². The molecule has 0 saturated carbocycles. The molecule has 5 N–H and O–H groups in total. The second-order valence-corrected chi connectivity index (χ2v) is 4.12. The predicted octanol–water partition coefficient (Wildman–Crippen LogP) is 1.54. The van der Waals surface area contributed by atoms with Gasteiger partial charge in [-0.3, -0.25) is 14.4 Å². The van der Waals surface area contributed by atoms with Gasteiger partial charge in [-0.2, -0.15) is 0 Å². The van der Waals surface area contributed by atoms with Crippen LogP contribution in [0.25, 0.3) is 0 Å². The van der Waals surface area contributed by atoms with Crippen LogP contribution in [0, 0.1) is 0 Å². The Balaban J connectivity index is 0.000000396. The number of carbonyl (C=O) groups is 3. The highest BCUT2D eigenvalue weighted by Gasteiger charge is 2.10. The van der Waals surface area contributed by atoms with Crippen LogP contribution in [0.4, 0.5) is 0 Å². The zero-order valence-corrected chi connectivity index (χ0v) is 11.5. The minimum atomic E-state index is -0.682. The summed E-state index contributed by atoms with van der Waals surface area (Å²) in [6, 6.07) is 6.16. The summed E-state index contributed by atoms with van der Waals surface area (Å²) in [5, 5.41) is 8.14. The molecule has 20 heavy (non-hydrogen) atoms. The molecule has 0 unspecified atom stereocenters. The van der Waals surface area contributed by atoms with E-state index in [-0.39, 0.29) is 11.1 Å². The van der Waals surface area contributed by atoms with Crippen molar-refractivity contribution in [1.82, 2.24) is 0 Å². The van der Waals surface area contributed by atoms with Crippen molar-refractivity contribution in [3.63, 3.8) is 0 Å². The number of carboxylic acid groups (broad SMARTS) is 1. The van der Waals surface area contributed by atoms with Gasteiger partial charge in [0.05, 0.1) is 11.1 Å². The number of hydrogen-bond donors (Lipinski definition) is 3.